The van der Waals surface area contributed by atoms with Gasteiger partial charge in [-0.2, -0.15) is 10.3 Å². The molecule has 1 aromatic rings. The Morgan fingerprint density at radius 1 is 1.62 bits per heavy atom. The lowest BCUT2D eigenvalue weighted by Crippen LogP contribution is -1.78. The quantitative estimate of drug-likeness (QED) is 0.534. The summed E-state index contributed by atoms with van der Waals surface area (Å²) in [6, 6.07) is 3.76. The molecule has 0 atom stereocenters. The number of hydrogen-bond donors (Lipinski definition) is 0. The van der Waals surface area contributed by atoms with Crippen molar-refractivity contribution in [1.82, 2.24) is 0 Å². The molecule has 0 N–H and O–H groups in total. The zero-order valence-electron chi connectivity index (χ0n) is 7.37. The zero-order chi connectivity index (χ0) is 9.84. The summed E-state index contributed by atoms with van der Waals surface area (Å²) in [4.78, 5) is 14.6. The third-order valence-electron chi connectivity index (χ3n) is 1.57. The minimum Gasteiger partial charge on any atom is -0.211 e. The fraction of sp³-hybridized carbons (Fsp3) is 0.333. The number of hydrogen-bond acceptors (Lipinski definition) is 4. The predicted octanol–water partition coefficient (Wildman–Crippen LogP) is 2.71. The second-order valence-electron chi connectivity index (χ2n) is 2.84. The van der Waals surface area contributed by atoms with Gasteiger partial charge in [-0.15, -0.1) is 11.3 Å². The van der Waals surface area contributed by atoms with Crippen LogP contribution in [-0.4, -0.2) is 6.08 Å². The van der Waals surface area contributed by atoms with E-state index in [0.717, 1.165) is 4.88 Å². The highest BCUT2D eigenvalue weighted by Gasteiger charge is 2.10. The molecule has 0 saturated heterocycles. The van der Waals surface area contributed by atoms with Crippen LogP contribution in [0.2, 0.25) is 0 Å². The fourth-order valence-corrected chi connectivity index (χ4v) is 1.82. The molecule has 0 saturated carbocycles. The van der Waals surface area contributed by atoms with E-state index in [4.69, 9.17) is 5.26 Å². The summed E-state index contributed by atoms with van der Waals surface area (Å²) in [5.41, 5.74) is 0.456. The topological polar surface area (TPSA) is 53.2 Å². The number of thiophene rings is 1. The third-order valence-corrected chi connectivity index (χ3v) is 2.90. The maximum Gasteiger partial charge on any atom is 0.241 e. The van der Waals surface area contributed by atoms with Crippen LogP contribution in [0.3, 0.4) is 0 Å². The largest absolute Gasteiger partial charge is 0.241 e. The van der Waals surface area contributed by atoms with Crippen molar-refractivity contribution >= 4 is 22.4 Å². The van der Waals surface area contributed by atoms with Gasteiger partial charge in [0.25, 0.3) is 0 Å². The van der Waals surface area contributed by atoms with E-state index in [9.17, 15) is 4.79 Å². The molecule has 0 bridgehead atoms. The van der Waals surface area contributed by atoms with Crippen molar-refractivity contribution in [3.05, 3.63) is 16.5 Å². The molecule has 0 fully saturated rings. The normalized spacial score (nSPS) is 9.38. The average molecular weight is 192 g/mol. The number of rotatable bonds is 2. The Labute approximate surface area is 80.3 Å². The van der Waals surface area contributed by atoms with Crippen molar-refractivity contribution in [3.8, 4) is 6.07 Å². The van der Waals surface area contributed by atoms with Crippen LogP contribution in [0.25, 0.3) is 0 Å². The number of nitrogens with zero attached hydrogens (tertiary/aromatic N) is 2. The molecule has 0 aliphatic carbocycles. The Kier molecular flexibility index (Phi) is 2.97. The van der Waals surface area contributed by atoms with E-state index in [2.05, 4.69) is 4.99 Å². The van der Waals surface area contributed by atoms with Crippen LogP contribution >= 0.6 is 11.3 Å². The van der Waals surface area contributed by atoms with E-state index in [1.54, 1.807) is 6.07 Å². The Morgan fingerprint density at radius 2 is 2.31 bits per heavy atom. The van der Waals surface area contributed by atoms with Crippen molar-refractivity contribution in [2.24, 2.45) is 4.99 Å². The second-order valence-corrected chi connectivity index (χ2v) is 3.90. The summed E-state index contributed by atoms with van der Waals surface area (Å²) in [6.45, 7) is 4.06. The van der Waals surface area contributed by atoms with Crippen LogP contribution < -0.4 is 0 Å². The minimum atomic E-state index is 0.354. The molecule has 1 aromatic heterocycles. The Hall–Kier alpha value is -1.43. The van der Waals surface area contributed by atoms with Gasteiger partial charge in [0, 0.05) is 4.88 Å². The first kappa shape index (κ1) is 9.66. The maximum atomic E-state index is 10.0. The van der Waals surface area contributed by atoms with Crippen LogP contribution in [-0.2, 0) is 4.79 Å². The monoisotopic (exact) mass is 192 g/mol. The zero-order valence-corrected chi connectivity index (χ0v) is 8.18. The summed E-state index contributed by atoms with van der Waals surface area (Å²) in [5, 5.41) is 9.17. The highest BCUT2D eigenvalue weighted by atomic mass is 32.1. The number of aliphatic imine (C=N–C) groups is 1. The molecular formula is C9H8N2OS. The minimum absolute atomic E-state index is 0.354. The van der Waals surface area contributed by atoms with Gasteiger partial charge >= 0.3 is 0 Å². The summed E-state index contributed by atoms with van der Waals surface area (Å²) >= 11 is 1.37. The predicted molar refractivity (Wildman–Crippen MR) is 50.9 cm³/mol. The van der Waals surface area contributed by atoms with E-state index < -0.39 is 0 Å². The van der Waals surface area contributed by atoms with Crippen LogP contribution in [0.15, 0.2) is 11.1 Å². The van der Waals surface area contributed by atoms with Gasteiger partial charge in [-0.3, -0.25) is 0 Å². The van der Waals surface area contributed by atoms with E-state index in [-0.39, 0.29) is 0 Å². The molecule has 0 aromatic carbocycles. The summed E-state index contributed by atoms with van der Waals surface area (Å²) in [5.74, 6) is 0.354. The van der Waals surface area contributed by atoms with Crippen molar-refractivity contribution in [1.29, 1.82) is 5.26 Å². The molecule has 1 heterocycles. The van der Waals surface area contributed by atoms with Gasteiger partial charge in [-0.05, 0) is 12.0 Å². The average Bonchev–Trinajstić information content (AvgIpc) is 2.48. The molecule has 0 amide bonds. The van der Waals surface area contributed by atoms with E-state index in [0.29, 0.717) is 16.5 Å². The van der Waals surface area contributed by atoms with Crippen molar-refractivity contribution < 1.29 is 4.79 Å². The van der Waals surface area contributed by atoms with Gasteiger partial charge in [0.2, 0.25) is 6.08 Å². The maximum absolute atomic E-state index is 10.0. The standard InChI is InChI=1S/C9H8N2OS/c1-6(2)8-3-7(4-10)9(13-8)11-5-12/h3,6H,1-2H3. The Balaban J connectivity index is 3.21. The molecule has 0 spiro atoms. The number of nitriles is 1. The lowest BCUT2D eigenvalue weighted by Gasteiger charge is -1.95. The van der Waals surface area contributed by atoms with E-state index in [1.807, 2.05) is 19.9 Å². The van der Waals surface area contributed by atoms with Crippen LogP contribution in [0.1, 0.15) is 30.2 Å². The highest BCUT2D eigenvalue weighted by molar-refractivity contribution is 7.16. The molecule has 3 nitrogen and oxygen atoms in total. The molecule has 0 radical (unpaired) electrons. The smallest absolute Gasteiger partial charge is 0.211 e. The fourth-order valence-electron chi connectivity index (χ4n) is 0.889. The first-order valence-electron chi connectivity index (χ1n) is 3.80. The number of isocyanates is 1. The molecular weight excluding hydrogens is 184 g/mol. The third kappa shape index (κ3) is 2.03. The van der Waals surface area contributed by atoms with Gasteiger partial charge in [-0.1, -0.05) is 13.8 Å². The molecule has 0 unspecified atom stereocenters. The molecule has 1 rings (SSSR count). The van der Waals surface area contributed by atoms with Crippen molar-refractivity contribution in [3.63, 3.8) is 0 Å². The molecule has 4 heteroatoms. The van der Waals surface area contributed by atoms with Gasteiger partial charge in [0.1, 0.15) is 11.1 Å². The van der Waals surface area contributed by atoms with Gasteiger partial charge in [-0.25, -0.2) is 4.79 Å². The second kappa shape index (κ2) is 3.99. The van der Waals surface area contributed by atoms with Gasteiger partial charge in [0.05, 0.1) is 5.56 Å². The van der Waals surface area contributed by atoms with Gasteiger partial charge in [0.15, 0.2) is 0 Å². The van der Waals surface area contributed by atoms with Crippen molar-refractivity contribution in [2.45, 2.75) is 19.8 Å². The number of carbonyl (C=O) groups excluding carboxylic acids is 1. The SMILES string of the molecule is CC(C)c1cc(C#N)c(N=C=O)s1. The first-order chi connectivity index (χ1) is 6.19. The summed E-state index contributed by atoms with van der Waals surface area (Å²) in [7, 11) is 0. The molecule has 13 heavy (non-hydrogen) atoms. The molecule has 66 valence electrons. The van der Waals surface area contributed by atoms with Crippen molar-refractivity contribution in [2.75, 3.05) is 0 Å². The summed E-state index contributed by atoms with van der Waals surface area (Å²) < 4.78 is 0. The van der Waals surface area contributed by atoms with E-state index >= 15 is 0 Å². The van der Waals surface area contributed by atoms with Crippen LogP contribution in [0.5, 0.6) is 0 Å². The van der Waals surface area contributed by atoms with Crippen LogP contribution in [0.4, 0.5) is 5.00 Å². The van der Waals surface area contributed by atoms with Gasteiger partial charge < -0.3 is 0 Å². The molecule has 0 aliphatic rings. The van der Waals surface area contributed by atoms with Crippen LogP contribution in [0, 0.1) is 11.3 Å². The van der Waals surface area contributed by atoms with E-state index in [1.165, 1.54) is 17.4 Å². The Morgan fingerprint density at radius 3 is 2.77 bits per heavy atom. The Bertz CT molecular complexity index is 394. The lowest BCUT2D eigenvalue weighted by atomic mass is 10.1. The lowest BCUT2D eigenvalue weighted by molar-refractivity contribution is 0.565. The first-order valence-corrected chi connectivity index (χ1v) is 4.62. The highest BCUT2D eigenvalue weighted by Crippen LogP contribution is 2.33. The summed E-state index contributed by atoms with van der Waals surface area (Å²) in [6.07, 6.45) is 1.45. The molecule has 0 aliphatic heterocycles.